The lowest BCUT2D eigenvalue weighted by Gasteiger charge is -2.35. The van der Waals surface area contributed by atoms with Gasteiger partial charge < -0.3 is 21.0 Å². The smallest absolute Gasteiger partial charge is 0.322 e. The number of alkyl halides is 3. The quantitative estimate of drug-likeness (QED) is 0.316. The molecular formula is C35H40F3N5O2. The molecule has 1 fully saturated rings. The molecule has 0 aromatic heterocycles. The van der Waals surface area contributed by atoms with Crippen LogP contribution in [-0.2, 0) is 11.0 Å². The maximum absolute atomic E-state index is 14.1. The Morgan fingerprint density at radius 2 is 1.76 bits per heavy atom. The van der Waals surface area contributed by atoms with Gasteiger partial charge in [0.05, 0.1) is 16.8 Å². The molecule has 238 valence electrons. The molecule has 1 aliphatic heterocycles. The Balaban J connectivity index is 1.42. The maximum atomic E-state index is 14.1. The van der Waals surface area contributed by atoms with Crippen molar-refractivity contribution in [3.63, 3.8) is 0 Å². The second-order valence-electron chi connectivity index (χ2n) is 12.0. The third kappa shape index (κ3) is 7.57. The average molecular weight is 620 g/mol. The number of nitrogens with zero attached hydrogens (tertiary/aromatic N) is 2. The molecule has 2 aliphatic carbocycles. The van der Waals surface area contributed by atoms with Gasteiger partial charge in [-0.15, -0.1) is 0 Å². The number of nitrogens with one attached hydrogen (secondary N) is 3. The summed E-state index contributed by atoms with van der Waals surface area (Å²) < 4.78 is 39.6. The number of carbonyl (C=O) groups excluding carboxylic acids is 2. The van der Waals surface area contributed by atoms with E-state index < -0.39 is 17.6 Å². The molecule has 3 aliphatic rings. The van der Waals surface area contributed by atoms with Crippen molar-refractivity contribution in [3.8, 4) is 0 Å². The number of rotatable bonds is 7. The van der Waals surface area contributed by atoms with Gasteiger partial charge >= 0.3 is 6.18 Å². The largest absolute Gasteiger partial charge is 0.416 e. The van der Waals surface area contributed by atoms with E-state index in [2.05, 4.69) is 59.0 Å². The molecule has 3 N–H and O–H groups in total. The number of carbonyl (C=O) groups is 2. The van der Waals surface area contributed by atoms with Crippen molar-refractivity contribution in [1.29, 1.82) is 0 Å². The van der Waals surface area contributed by atoms with Crippen LogP contribution in [0.3, 0.4) is 0 Å². The molecule has 1 atom stereocenters. The van der Waals surface area contributed by atoms with Crippen LogP contribution in [0.2, 0.25) is 0 Å². The summed E-state index contributed by atoms with van der Waals surface area (Å²) in [5.41, 5.74) is 9.19. The summed E-state index contributed by atoms with van der Waals surface area (Å²) in [5, 5.41) is 7.88. The number of piperazine rings is 1. The third-order valence-electron chi connectivity index (χ3n) is 8.60. The zero-order valence-corrected chi connectivity index (χ0v) is 26.1. The zero-order chi connectivity index (χ0) is 32.3. The Labute approximate surface area is 262 Å². The molecule has 7 nitrogen and oxygen atoms in total. The highest BCUT2D eigenvalue weighted by atomic mass is 19.4. The number of hydrogen-bond donors (Lipinski definition) is 3. The predicted octanol–water partition coefficient (Wildman–Crippen LogP) is 6.84. The van der Waals surface area contributed by atoms with Crippen molar-refractivity contribution < 1.29 is 22.8 Å². The molecule has 0 spiro atoms. The molecule has 2 aromatic carbocycles. The third-order valence-corrected chi connectivity index (χ3v) is 8.60. The molecule has 1 unspecified atom stereocenters. The lowest BCUT2D eigenvalue weighted by molar-refractivity contribution is -0.137. The summed E-state index contributed by atoms with van der Waals surface area (Å²) in [6.07, 6.45) is 4.24. The molecule has 0 saturated carbocycles. The topological polar surface area (TPSA) is 76.7 Å². The van der Waals surface area contributed by atoms with Gasteiger partial charge in [-0.05, 0) is 80.6 Å². The van der Waals surface area contributed by atoms with E-state index in [1.54, 1.807) is 18.2 Å². The number of likely N-dealkylation sites (N-methyl/N-ethyl adjacent to an activating group) is 1. The summed E-state index contributed by atoms with van der Waals surface area (Å²) in [4.78, 5) is 29.2. The van der Waals surface area contributed by atoms with E-state index in [4.69, 9.17) is 0 Å². The number of amides is 2. The molecule has 2 amide bonds. The summed E-state index contributed by atoms with van der Waals surface area (Å²) in [6, 6.07) is 9.30. The monoisotopic (exact) mass is 619 g/mol. The number of hydrazine groups is 1. The van der Waals surface area contributed by atoms with E-state index in [0.29, 0.717) is 29.3 Å². The van der Waals surface area contributed by atoms with Crippen LogP contribution < -0.4 is 16.1 Å². The van der Waals surface area contributed by atoms with Crippen molar-refractivity contribution in [2.24, 2.45) is 5.92 Å². The first-order valence-electron chi connectivity index (χ1n) is 15.4. The lowest BCUT2D eigenvalue weighted by Crippen LogP contribution is -2.51. The fourth-order valence-corrected chi connectivity index (χ4v) is 5.85. The molecule has 45 heavy (non-hydrogen) atoms. The number of anilines is 2. The highest BCUT2D eigenvalue weighted by molar-refractivity contribution is 6.08. The number of allylic oxidation sites excluding steroid dienone is 6. The Kier molecular flexibility index (Phi) is 9.65. The van der Waals surface area contributed by atoms with Crippen LogP contribution in [0.1, 0.15) is 54.6 Å². The van der Waals surface area contributed by atoms with Crippen LogP contribution in [0.5, 0.6) is 0 Å². The number of fused-ring (bicyclic) bond motifs is 1. The minimum absolute atomic E-state index is 0.115. The Hall–Kier alpha value is -4.15. The molecule has 0 radical (unpaired) electrons. The van der Waals surface area contributed by atoms with Crippen LogP contribution in [0.15, 0.2) is 88.7 Å². The van der Waals surface area contributed by atoms with E-state index in [1.807, 2.05) is 13.0 Å². The van der Waals surface area contributed by atoms with E-state index in [0.717, 1.165) is 68.0 Å². The molecule has 1 heterocycles. The summed E-state index contributed by atoms with van der Waals surface area (Å²) >= 11 is 0. The van der Waals surface area contributed by atoms with Crippen LogP contribution >= 0.6 is 0 Å². The van der Waals surface area contributed by atoms with Gasteiger partial charge in [0, 0.05) is 48.7 Å². The Bertz CT molecular complexity index is 1600. The van der Waals surface area contributed by atoms with Crippen molar-refractivity contribution in [3.05, 3.63) is 105 Å². The van der Waals surface area contributed by atoms with Crippen molar-refractivity contribution in [2.45, 2.75) is 46.2 Å². The van der Waals surface area contributed by atoms with Gasteiger partial charge in [0.15, 0.2) is 0 Å². The van der Waals surface area contributed by atoms with E-state index in [1.165, 1.54) is 23.3 Å². The summed E-state index contributed by atoms with van der Waals surface area (Å²) in [5.74, 6) is -0.560. The number of benzene rings is 2. The first kappa shape index (κ1) is 32.2. The fourth-order valence-electron chi connectivity index (χ4n) is 5.85. The number of halogens is 3. The van der Waals surface area contributed by atoms with Crippen LogP contribution in [0.25, 0.3) is 0 Å². The maximum Gasteiger partial charge on any atom is 0.416 e. The van der Waals surface area contributed by atoms with Crippen molar-refractivity contribution in [2.75, 3.05) is 43.9 Å². The number of hydrogen-bond acceptors (Lipinski definition) is 5. The van der Waals surface area contributed by atoms with E-state index >= 15 is 0 Å². The van der Waals surface area contributed by atoms with Gasteiger partial charge in [-0.1, -0.05) is 49.8 Å². The minimum Gasteiger partial charge on any atom is -0.322 e. The standard InChI is InChI=1S/C35H40F3N5O2/c1-5-24-11-14-29(32(28-13-9-22(2)19-30(24)28)41-43-17-15-42(4)16-18-43)34(45)40-31-21-27(12-10-23(31)3)39-33(44)25-7-6-8-26(20-25)35(36,37)38/h6-10,12-14,20-22,41H,5,11,15-19H2,1-4H3,(H,39,44)(H,40,45). The average Bonchev–Trinajstić information content (AvgIpc) is 3.15. The first-order chi connectivity index (χ1) is 21.4. The predicted molar refractivity (Wildman–Crippen MR) is 171 cm³/mol. The van der Waals surface area contributed by atoms with Crippen LogP contribution in [0, 0.1) is 12.8 Å². The van der Waals surface area contributed by atoms with Crippen molar-refractivity contribution in [1.82, 2.24) is 15.3 Å². The Morgan fingerprint density at radius 3 is 2.47 bits per heavy atom. The molecular weight excluding hydrogens is 579 g/mol. The van der Waals surface area contributed by atoms with Crippen LogP contribution in [0.4, 0.5) is 24.5 Å². The summed E-state index contributed by atoms with van der Waals surface area (Å²) in [7, 11) is 2.10. The van der Waals surface area contributed by atoms with Gasteiger partial charge in [-0.2, -0.15) is 13.2 Å². The number of aryl methyl sites for hydroxylation is 1. The fraction of sp³-hybridized carbons (Fsp3) is 0.371. The molecule has 0 bridgehead atoms. The first-order valence-corrected chi connectivity index (χ1v) is 15.4. The molecule has 2 aromatic rings. The molecule has 1 saturated heterocycles. The lowest BCUT2D eigenvalue weighted by atomic mass is 9.84. The van der Waals surface area contributed by atoms with Gasteiger partial charge in [-0.25, -0.2) is 5.01 Å². The SMILES string of the molecule is CCC1=C2CC(C)C=CC2=C(NN2CCN(C)CC2)C(C(=O)Nc2cc(NC(=O)c3cccc(C(F)(F)F)c3)ccc2C)=CC1. The van der Waals surface area contributed by atoms with Gasteiger partial charge in [0.1, 0.15) is 0 Å². The second-order valence-corrected chi connectivity index (χ2v) is 12.0. The van der Waals surface area contributed by atoms with Crippen molar-refractivity contribution >= 4 is 23.2 Å². The van der Waals surface area contributed by atoms with Gasteiger partial charge in [0.25, 0.3) is 11.8 Å². The molecule has 10 heteroatoms. The van der Waals surface area contributed by atoms with E-state index in [9.17, 15) is 22.8 Å². The second kappa shape index (κ2) is 13.5. The summed E-state index contributed by atoms with van der Waals surface area (Å²) in [6.45, 7) is 9.65. The molecule has 5 rings (SSSR count). The highest BCUT2D eigenvalue weighted by Gasteiger charge is 2.31. The van der Waals surface area contributed by atoms with Gasteiger partial charge in [-0.3, -0.25) is 9.59 Å². The van der Waals surface area contributed by atoms with Crippen LogP contribution in [-0.4, -0.2) is 54.9 Å². The van der Waals surface area contributed by atoms with E-state index in [-0.39, 0.29) is 11.5 Å². The Morgan fingerprint density at radius 1 is 1.00 bits per heavy atom. The normalized spacial score (nSPS) is 19.5. The zero-order valence-electron chi connectivity index (χ0n) is 26.1. The highest BCUT2D eigenvalue weighted by Crippen LogP contribution is 2.38. The van der Waals surface area contributed by atoms with Gasteiger partial charge in [0.2, 0.25) is 0 Å². The minimum atomic E-state index is -4.56.